The Labute approximate surface area is 163 Å². The number of imidazole rings is 1. The Morgan fingerprint density at radius 1 is 1.30 bits per heavy atom. The zero-order chi connectivity index (χ0) is 19.8. The van der Waals surface area contributed by atoms with E-state index in [0.717, 1.165) is 15.0 Å². The molecule has 0 saturated carbocycles. The van der Waals surface area contributed by atoms with E-state index in [9.17, 15) is 18.5 Å². The SMILES string of the molecule is Cc1ccc([N+](=O)[O-])cc1S(=O)(=O)N(C)/N=C/c1cn2cc(Br)ccc2n1. The van der Waals surface area contributed by atoms with Crippen molar-refractivity contribution in [1.82, 2.24) is 13.8 Å². The van der Waals surface area contributed by atoms with Gasteiger partial charge in [0.1, 0.15) is 11.3 Å². The Kier molecular flexibility index (Phi) is 4.98. The lowest BCUT2D eigenvalue weighted by atomic mass is 10.2. The summed E-state index contributed by atoms with van der Waals surface area (Å²) < 4.78 is 28.9. The quantitative estimate of drug-likeness (QED) is 0.336. The molecule has 3 rings (SSSR count). The molecule has 11 heteroatoms. The first-order chi connectivity index (χ1) is 12.7. The van der Waals surface area contributed by atoms with Gasteiger partial charge >= 0.3 is 0 Å². The highest BCUT2D eigenvalue weighted by atomic mass is 79.9. The molecule has 27 heavy (non-hydrogen) atoms. The average molecular weight is 452 g/mol. The van der Waals surface area contributed by atoms with E-state index in [2.05, 4.69) is 26.0 Å². The van der Waals surface area contributed by atoms with Crippen LogP contribution in [0.3, 0.4) is 0 Å². The van der Waals surface area contributed by atoms with Gasteiger partial charge in [0, 0.05) is 36.0 Å². The van der Waals surface area contributed by atoms with Crippen LogP contribution in [-0.2, 0) is 10.0 Å². The molecule has 0 saturated heterocycles. The molecule has 9 nitrogen and oxygen atoms in total. The molecule has 2 aromatic heterocycles. The first-order valence-corrected chi connectivity index (χ1v) is 9.84. The molecule has 0 atom stereocenters. The minimum atomic E-state index is -4.04. The van der Waals surface area contributed by atoms with Crippen LogP contribution in [0.4, 0.5) is 5.69 Å². The number of fused-ring (bicyclic) bond motifs is 1. The molecule has 0 aliphatic carbocycles. The minimum absolute atomic E-state index is 0.171. The van der Waals surface area contributed by atoms with Crippen molar-refractivity contribution in [3.8, 4) is 0 Å². The fourth-order valence-electron chi connectivity index (χ4n) is 2.37. The number of non-ortho nitro benzene ring substituents is 1. The number of hydrogen-bond acceptors (Lipinski definition) is 6. The zero-order valence-corrected chi connectivity index (χ0v) is 16.7. The highest BCUT2D eigenvalue weighted by Crippen LogP contribution is 2.24. The summed E-state index contributed by atoms with van der Waals surface area (Å²) in [5.41, 5.74) is 1.23. The second-order valence-corrected chi connectivity index (χ2v) is 8.50. The molecule has 0 aliphatic rings. The molecule has 0 aliphatic heterocycles. The van der Waals surface area contributed by atoms with Crippen LogP contribution in [0.15, 0.2) is 57.2 Å². The molecule has 0 amide bonds. The van der Waals surface area contributed by atoms with Gasteiger partial charge in [-0.1, -0.05) is 6.07 Å². The molecular formula is C16H14BrN5O4S. The first-order valence-electron chi connectivity index (χ1n) is 7.61. The summed E-state index contributed by atoms with van der Waals surface area (Å²) in [6, 6.07) is 7.31. The fraction of sp³-hybridized carbons (Fsp3) is 0.125. The lowest BCUT2D eigenvalue weighted by Crippen LogP contribution is -2.23. The largest absolute Gasteiger partial charge is 0.305 e. The van der Waals surface area contributed by atoms with Crippen molar-refractivity contribution >= 4 is 43.5 Å². The number of rotatable bonds is 5. The monoisotopic (exact) mass is 451 g/mol. The standard InChI is InChI=1S/C16H14BrN5O4S/c1-11-3-5-14(22(23)24)7-15(11)27(25,26)20(2)18-8-13-10-21-9-12(17)4-6-16(21)19-13/h3-10H,1-2H3/b18-8+. The van der Waals surface area contributed by atoms with Crippen molar-refractivity contribution < 1.29 is 13.3 Å². The lowest BCUT2D eigenvalue weighted by molar-refractivity contribution is -0.385. The average Bonchev–Trinajstić information content (AvgIpc) is 3.01. The van der Waals surface area contributed by atoms with Gasteiger partial charge < -0.3 is 4.40 Å². The maximum atomic E-state index is 12.7. The van der Waals surface area contributed by atoms with Crippen molar-refractivity contribution in [3.05, 3.63) is 68.6 Å². The maximum absolute atomic E-state index is 12.7. The Hall–Kier alpha value is -2.79. The molecular weight excluding hydrogens is 438 g/mol. The van der Waals surface area contributed by atoms with Crippen LogP contribution in [0.5, 0.6) is 0 Å². The van der Waals surface area contributed by atoms with Crippen molar-refractivity contribution in [1.29, 1.82) is 0 Å². The number of benzene rings is 1. The minimum Gasteiger partial charge on any atom is -0.305 e. The third kappa shape index (κ3) is 3.83. The Bertz CT molecular complexity index is 1170. The number of aromatic nitrogens is 2. The van der Waals surface area contributed by atoms with E-state index in [1.54, 1.807) is 23.6 Å². The van der Waals surface area contributed by atoms with E-state index in [4.69, 9.17) is 0 Å². The highest BCUT2D eigenvalue weighted by Gasteiger charge is 2.24. The molecule has 0 spiro atoms. The third-order valence-corrected chi connectivity index (χ3v) is 6.05. The number of hydrogen-bond donors (Lipinski definition) is 0. The lowest BCUT2D eigenvalue weighted by Gasteiger charge is -2.14. The second kappa shape index (κ2) is 7.08. The van der Waals surface area contributed by atoms with Crippen molar-refractivity contribution in [2.75, 3.05) is 7.05 Å². The molecule has 0 N–H and O–H groups in total. The van der Waals surface area contributed by atoms with E-state index < -0.39 is 14.9 Å². The van der Waals surface area contributed by atoms with Gasteiger partial charge in [0.15, 0.2) is 0 Å². The van der Waals surface area contributed by atoms with Crippen molar-refractivity contribution in [3.63, 3.8) is 0 Å². The van der Waals surface area contributed by atoms with Crippen LogP contribution in [0.25, 0.3) is 5.65 Å². The molecule has 0 radical (unpaired) electrons. The number of halogens is 1. The van der Waals surface area contributed by atoms with Gasteiger partial charge in [-0.15, -0.1) is 0 Å². The Morgan fingerprint density at radius 3 is 2.74 bits per heavy atom. The van der Waals surface area contributed by atoms with Crippen LogP contribution in [0, 0.1) is 17.0 Å². The maximum Gasteiger partial charge on any atom is 0.279 e. The van der Waals surface area contributed by atoms with Crippen LogP contribution >= 0.6 is 15.9 Å². The second-order valence-electron chi connectivity index (χ2n) is 5.67. The predicted octanol–water partition coefficient (Wildman–Crippen LogP) is 2.97. The number of aryl methyl sites for hydroxylation is 1. The smallest absolute Gasteiger partial charge is 0.279 e. The van der Waals surface area contributed by atoms with Crippen molar-refractivity contribution in [2.24, 2.45) is 5.10 Å². The number of nitrogens with zero attached hydrogens (tertiary/aromatic N) is 5. The van der Waals surface area contributed by atoms with E-state index in [1.165, 1.54) is 25.4 Å². The van der Waals surface area contributed by atoms with Gasteiger partial charge in [0.2, 0.25) is 0 Å². The van der Waals surface area contributed by atoms with E-state index in [1.807, 2.05) is 12.3 Å². The molecule has 0 unspecified atom stereocenters. The zero-order valence-electron chi connectivity index (χ0n) is 14.3. The summed E-state index contributed by atoms with van der Waals surface area (Å²) in [6.07, 6.45) is 4.82. The molecule has 3 aromatic rings. The normalized spacial score (nSPS) is 12.0. The molecule has 0 fully saturated rings. The van der Waals surface area contributed by atoms with E-state index >= 15 is 0 Å². The number of nitro groups is 1. The van der Waals surface area contributed by atoms with Crippen LogP contribution < -0.4 is 0 Å². The summed E-state index contributed by atoms with van der Waals surface area (Å²) >= 11 is 3.36. The Balaban J connectivity index is 1.91. The van der Waals surface area contributed by atoms with Crippen LogP contribution in [0.1, 0.15) is 11.3 Å². The summed E-state index contributed by atoms with van der Waals surface area (Å²) in [5, 5.41) is 14.9. The summed E-state index contributed by atoms with van der Waals surface area (Å²) in [6.45, 7) is 1.56. The fourth-order valence-corrected chi connectivity index (χ4v) is 3.92. The summed E-state index contributed by atoms with van der Waals surface area (Å²) in [4.78, 5) is 14.4. The van der Waals surface area contributed by atoms with Gasteiger partial charge in [-0.2, -0.15) is 17.9 Å². The van der Waals surface area contributed by atoms with E-state index in [-0.39, 0.29) is 10.6 Å². The van der Waals surface area contributed by atoms with Crippen LogP contribution in [-0.4, -0.2) is 40.4 Å². The van der Waals surface area contributed by atoms with Gasteiger partial charge in [0.05, 0.1) is 16.0 Å². The number of nitro benzene ring substituents is 1. The Morgan fingerprint density at radius 2 is 2.04 bits per heavy atom. The molecule has 1 aromatic carbocycles. The number of pyridine rings is 1. The van der Waals surface area contributed by atoms with Gasteiger partial charge in [-0.3, -0.25) is 10.1 Å². The van der Waals surface area contributed by atoms with Crippen molar-refractivity contribution in [2.45, 2.75) is 11.8 Å². The number of hydrazone groups is 1. The number of sulfonamides is 1. The molecule has 140 valence electrons. The van der Waals surface area contributed by atoms with Crippen LogP contribution in [0.2, 0.25) is 0 Å². The predicted molar refractivity (Wildman–Crippen MR) is 103 cm³/mol. The first kappa shape index (κ1) is 19.0. The van der Waals surface area contributed by atoms with Gasteiger partial charge in [-0.05, 0) is 40.5 Å². The van der Waals surface area contributed by atoms with E-state index in [0.29, 0.717) is 16.9 Å². The third-order valence-electron chi connectivity index (χ3n) is 3.79. The van der Waals surface area contributed by atoms with Gasteiger partial charge in [0.25, 0.3) is 15.7 Å². The molecule has 2 heterocycles. The summed E-state index contributed by atoms with van der Waals surface area (Å²) in [5.74, 6) is 0. The highest BCUT2D eigenvalue weighted by molar-refractivity contribution is 9.10. The van der Waals surface area contributed by atoms with Gasteiger partial charge in [-0.25, -0.2) is 4.98 Å². The topological polar surface area (TPSA) is 110 Å². The molecule has 0 bridgehead atoms. The summed E-state index contributed by atoms with van der Waals surface area (Å²) in [7, 11) is -2.78.